The largest absolute Gasteiger partial charge is 0.348 e. The van der Waals surface area contributed by atoms with Crippen molar-refractivity contribution in [2.75, 3.05) is 20.3 Å². The Morgan fingerprint density at radius 1 is 1.21 bits per heavy atom. The van der Waals surface area contributed by atoms with Crippen molar-refractivity contribution in [2.45, 2.75) is 50.0 Å². The predicted octanol–water partition coefficient (Wildman–Crippen LogP) is 0.0190. The standard InChI is InChI=1S/C13H20N2O4/c1-15-11(16)8-10(12(15)17)14-9-2-4-13(5-3-9)18-6-7-19-13/h9-10,14H,2-8H2,1H3. The maximum absolute atomic E-state index is 11.8. The van der Waals surface area contributed by atoms with Crippen LogP contribution in [0.15, 0.2) is 0 Å². The summed E-state index contributed by atoms with van der Waals surface area (Å²) < 4.78 is 11.4. The molecule has 0 aromatic rings. The second kappa shape index (κ2) is 4.85. The number of likely N-dealkylation sites (tertiary alicyclic amines) is 1. The summed E-state index contributed by atoms with van der Waals surface area (Å²) in [6.07, 6.45) is 3.83. The fraction of sp³-hybridized carbons (Fsp3) is 0.846. The Balaban J connectivity index is 1.53. The Kier molecular flexibility index (Phi) is 3.32. The monoisotopic (exact) mass is 268 g/mol. The number of amides is 2. The number of rotatable bonds is 2. The van der Waals surface area contributed by atoms with Gasteiger partial charge in [0.2, 0.25) is 11.8 Å². The van der Waals surface area contributed by atoms with Crippen LogP contribution in [0.1, 0.15) is 32.1 Å². The maximum Gasteiger partial charge on any atom is 0.246 e. The molecule has 2 amide bonds. The van der Waals surface area contributed by atoms with Crippen molar-refractivity contribution in [1.82, 2.24) is 10.2 Å². The molecule has 1 N–H and O–H groups in total. The van der Waals surface area contributed by atoms with Gasteiger partial charge in [-0.1, -0.05) is 0 Å². The zero-order valence-corrected chi connectivity index (χ0v) is 11.2. The highest BCUT2D eigenvalue weighted by atomic mass is 16.7. The second-order valence-corrected chi connectivity index (χ2v) is 5.60. The quantitative estimate of drug-likeness (QED) is 0.715. The van der Waals surface area contributed by atoms with Crippen LogP contribution >= 0.6 is 0 Å². The van der Waals surface area contributed by atoms with E-state index in [4.69, 9.17) is 9.47 Å². The van der Waals surface area contributed by atoms with Gasteiger partial charge in [0.15, 0.2) is 5.79 Å². The van der Waals surface area contributed by atoms with Gasteiger partial charge in [-0.3, -0.25) is 14.5 Å². The number of carbonyl (C=O) groups is 2. The van der Waals surface area contributed by atoms with Crippen LogP contribution in [0.25, 0.3) is 0 Å². The summed E-state index contributed by atoms with van der Waals surface area (Å²) in [5, 5.41) is 3.31. The summed E-state index contributed by atoms with van der Waals surface area (Å²) in [5.74, 6) is -0.583. The highest BCUT2D eigenvalue weighted by molar-refractivity contribution is 6.05. The Labute approximate surface area is 112 Å². The molecule has 1 saturated carbocycles. The van der Waals surface area contributed by atoms with Crippen molar-refractivity contribution in [1.29, 1.82) is 0 Å². The number of hydrogen-bond donors (Lipinski definition) is 1. The van der Waals surface area contributed by atoms with Gasteiger partial charge in [0.1, 0.15) is 0 Å². The Bertz CT molecular complexity index is 382. The van der Waals surface area contributed by atoms with Gasteiger partial charge in [-0.2, -0.15) is 0 Å². The molecule has 3 fully saturated rings. The zero-order chi connectivity index (χ0) is 13.5. The summed E-state index contributed by atoms with van der Waals surface area (Å²) in [6.45, 7) is 1.36. The van der Waals surface area contributed by atoms with Gasteiger partial charge in [-0.05, 0) is 12.8 Å². The summed E-state index contributed by atoms with van der Waals surface area (Å²) >= 11 is 0. The summed E-state index contributed by atoms with van der Waals surface area (Å²) in [6, 6.07) is -0.0753. The Hall–Kier alpha value is -0.980. The van der Waals surface area contributed by atoms with E-state index in [1.165, 1.54) is 4.90 Å². The SMILES string of the molecule is CN1C(=O)CC(NC2CCC3(CC2)OCCO3)C1=O. The fourth-order valence-electron chi connectivity index (χ4n) is 3.18. The lowest BCUT2D eigenvalue weighted by molar-refractivity contribution is -0.179. The average Bonchev–Trinajstić information content (AvgIpc) is 2.95. The lowest BCUT2D eigenvalue weighted by atomic mass is 9.89. The van der Waals surface area contributed by atoms with Crippen molar-refractivity contribution in [3.8, 4) is 0 Å². The normalized spacial score (nSPS) is 31.6. The van der Waals surface area contributed by atoms with Crippen LogP contribution in [-0.4, -0.2) is 54.8 Å². The third-order valence-electron chi connectivity index (χ3n) is 4.38. The fourth-order valence-corrected chi connectivity index (χ4v) is 3.18. The molecule has 6 heteroatoms. The number of nitrogens with zero attached hydrogens (tertiary/aromatic N) is 1. The minimum atomic E-state index is -0.371. The van der Waals surface area contributed by atoms with Gasteiger partial charge in [-0.25, -0.2) is 0 Å². The maximum atomic E-state index is 11.8. The molecular weight excluding hydrogens is 248 g/mol. The molecule has 3 rings (SSSR count). The van der Waals surface area contributed by atoms with E-state index in [-0.39, 0.29) is 36.1 Å². The number of imide groups is 1. The molecule has 6 nitrogen and oxygen atoms in total. The molecule has 1 spiro atoms. The highest BCUT2D eigenvalue weighted by Gasteiger charge is 2.42. The minimum Gasteiger partial charge on any atom is -0.348 e. The van der Waals surface area contributed by atoms with E-state index >= 15 is 0 Å². The molecular formula is C13H20N2O4. The first kappa shape index (κ1) is 13.0. The van der Waals surface area contributed by atoms with Crippen LogP contribution in [0.5, 0.6) is 0 Å². The number of hydrogen-bond acceptors (Lipinski definition) is 5. The molecule has 0 radical (unpaired) electrons. The van der Waals surface area contributed by atoms with Crippen LogP contribution in [0.3, 0.4) is 0 Å². The van der Waals surface area contributed by atoms with Crippen molar-refractivity contribution in [3.05, 3.63) is 0 Å². The molecule has 3 aliphatic rings. The lowest BCUT2D eigenvalue weighted by Gasteiger charge is -2.36. The van der Waals surface area contributed by atoms with Gasteiger partial charge >= 0.3 is 0 Å². The first-order valence-electron chi connectivity index (χ1n) is 6.94. The number of carbonyl (C=O) groups excluding carboxylic acids is 2. The van der Waals surface area contributed by atoms with Crippen LogP contribution in [-0.2, 0) is 19.1 Å². The molecule has 0 bridgehead atoms. The van der Waals surface area contributed by atoms with Gasteiger partial charge < -0.3 is 14.8 Å². The van der Waals surface area contributed by atoms with E-state index in [0.29, 0.717) is 13.2 Å². The van der Waals surface area contributed by atoms with Crippen LogP contribution in [0.4, 0.5) is 0 Å². The van der Waals surface area contributed by atoms with Crippen LogP contribution in [0.2, 0.25) is 0 Å². The van der Waals surface area contributed by atoms with Crippen molar-refractivity contribution in [3.63, 3.8) is 0 Å². The summed E-state index contributed by atoms with van der Waals surface area (Å²) in [4.78, 5) is 24.5. The summed E-state index contributed by atoms with van der Waals surface area (Å²) in [7, 11) is 1.54. The van der Waals surface area contributed by atoms with Gasteiger partial charge in [-0.15, -0.1) is 0 Å². The van der Waals surface area contributed by atoms with Crippen LogP contribution < -0.4 is 5.32 Å². The molecule has 0 aromatic heterocycles. The molecule has 2 aliphatic heterocycles. The lowest BCUT2D eigenvalue weighted by Crippen LogP contribution is -2.47. The smallest absolute Gasteiger partial charge is 0.246 e. The topological polar surface area (TPSA) is 67.9 Å². The molecule has 1 aliphatic carbocycles. The van der Waals surface area contributed by atoms with E-state index in [2.05, 4.69) is 5.32 Å². The van der Waals surface area contributed by atoms with E-state index in [1.807, 2.05) is 0 Å². The van der Waals surface area contributed by atoms with Crippen molar-refractivity contribution < 1.29 is 19.1 Å². The average molecular weight is 268 g/mol. The first-order chi connectivity index (χ1) is 9.10. The highest BCUT2D eigenvalue weighted by Crippen LogP contribution is 2.36. The molecule has 1 atom stereocenters. The predicted molar refractivity (Wildman–Crippen MR) is 66.2 cm³/mol. The van der Waals surface area contributed by atoms with Gasteiger partial charge in [0, 0.05) is 25.9 Å². The van der Waals surface area contributed by atoms with E-state index in [9.17, 15) is 9.59 Å². The minimum absolute atomic E-state index is 0.0998. The first-order valence-corrected chi connectivity index (χ1v) is 6.94. The van der Waals surface area contributed by atoms with E-state index in [1.54, 1.807) is 7.05 Å². The van der Waals surface area contributed by atoms with Crippen molar-refractivity contribution >= 4 is 11.8 Å². The van der Waals surface area contributed by atoms with E-state index in [0.717, 1.165) is 25.7 Å². The molecule has 2 saturated heterocycles. The van der Waals surface area contributed by atoms with E-state index < -0.39 is 0 Å². The Morgan fingerprint density at radius 3 is 2.37 bits per heavy atom. The zero-order valence-electron chi connectivity index (χ0n) is 11.2. The molecule has 1 unspecified atom stereocenters. The molecule has 2 heterocycles. The third-order valence-corrected chi connectivity index (χ3v) is 4.38. The number of likely N-dealkylation sites (N-methyl/N-ethyl adjacent to an activating group) is 1. The number of nitrogens with one attached hydrogen (secondary N) is 1. The van der Waals surface area contributed by atoms with Gasteiger partial charge in [0.25, 0.3) is 0 Å². The van der Waals surface area contributed by atoms with Crippen molar-refractivity contribution in [2.24, 2.45) is 0 Å². The second-order valence-electron chi connectivity index (χ2n) is 5.60. The molecule has 0 aromatic carbocycles. The van der Waals surface area contributed by atoms with Gasteiger partial charge in [0.05, 0.1) is 25.7 Å². The van der Waals surface area contributed by atoms with Crippen LogP contribution in [0, 0.1) is 0 Å². The number of ether oxygens (including phenoxy) is 2. The third kappa shape index (κ3) is 2.40. The Morgan fingerprint density at radius 2 is 1.84 bits per heavy atom. The summed E-state index contributed by atoms with van der Waals surface area (Å²) in [5.41, 5.74) is 0. The molecule has 106 valence electrons. The molecule has 19 heavy (non-hydrogen) atoms.